The zero-order chi connectivity index (χ0) is 13.2. The Labute approximate surface area is 112 Å². The van der Waals surface area contributed by atoms with E-state index in [4.69, 9.17) is 0 Å². The van der Waals surface area contributed by atoms with E-state index in [1.54, 1.807) is 6.33 Å². The molecule has 3 nitrogen and oxygen atoms in total. The lowest BCUT2D eigenvalue weighted by Gasteiger charge is -2.07. The van der Waals surface area contributed by atoms with Crippen molar-refractivity contribution in [2.45, 2.75) is 13.8 Å². The van der Waals surface area contributed by atoms with Crippen molar-refractivity contribution in [1.82, 2.24) is 14.8 Å². The minimum atomic E-state index is 0.865. The van der Waals surface area contributed by atoms with Gasteiger partial charge < -0.3 is 0 Å². The number of nitrogens with zero attached hydrogens (tertiary/aromatic N) is 3. The van der Waals surface area contributed by atoms with Gasteiger partial charge in [0.25, 0.3) is 0 Å². The van der Waals surface area contributed by atoms with E-state index in [-0.39, 0.29) is 0 Å². The van der Waals surface area contributed by atoms with E-state index in [0.29, 0.717) is 0 Å². The van der Waals surface area contributed by atoms with Gasteiger partial charge in [-0.1, -0.05) is 47.5 Å². The van der Waals surface area contributed by atoms with Gasteiger partial charge in [0.05, 0.1) is 0 Å². The first-order valence-electron chi connectivity index (χ1n) is 6.28. The molecule has 1 aromatic heterocycles. The summed E-state index contributed by atoms with van der Waals surface area (Å²) >= 11 is 0. The van der Waals surface area contributed by atoms with E-state index < -0.39 is 0 Å². The van der Waals surface area contributed by atoms with Crippen LogP contribution in [0, 0.1) is 13.8 Å². The summed E-state index contributed by atoms with van der Waals surface area (Å²) in [6.45, 7) is 4.16. The van der Waals surface area contributed by atoms with Crippen molar-refractivity contribution in [3.8, 4) is 17.1 Å². The summed E-state index contributed by atoms with van der Waals surface area (Å²) in [5.41, 5.74) is 4.63. The predicted molar refractivity (Wildman–Crippen MR) is 76.3 cm³/mol. The van der Waals surface area contributed by atoms with Gasteiger partial charge in [0, 0.05) is 11.3 Å². The van der Waals surface area contributed by atoms with Gasteiger partial charge in [0.15, 0.2) is 5.82 Å². The molecule has 1 heterocycles. The van der Waals surface area contributed by atoms with E-state index >= 15 is 0 Å². The Morgan fingerprint density at radius 3 is 2.00 bits per heavy atom. The lowest BCUT2D eigenvalue weighted by atomic mass is 10.1. The average Bonchev–Trinajstić information content (AvgIpc) is 2.90. The highest BCUT2D eigenvalue weighted by atomic mass is 15.3. The molecule has 0 saturated heterocycles. The Kier molecular flexibility index (Phi) is 2.88. The highest BCUT2D eigenvalue weighted by molar-refractivity contribution is 5.58. The fourth-order valence-corrected chi connectivity index (χ4v) is 2.03. The van der Waals surface area contributed by atoms with Crippen molar-refractivity contribution in [3.05, 3.63) is 66.0 Å². The lowest BCUT2D eigenvalue weighted by Crippen LogP contribution is -1.96. The van der Waals surface area contributed by atoms with Crippen LogP contribution in [0.5, 0.6) is 0 Å². The smallest absolute Gasteiger partial charge is 0.168 e. The Bertz CT molecular complexity index is 619. The molecular formula is C16H15N3. The molecular weight excluding hydrogens is 234 g/mol. The number of benzene rings is 2. The van der Waals surface area contributed by atoms with E-state index in [9.17, 15) is 0 Å². The number of hydrogen-bond acceptors (Lipinski definition) is 2. The predicted octanol–water partition coefficient (Wildman–Crippen LogP) is 3.55. The summed E-state index contributed by atoms with van der Waals surface area (Å²) in [6.07, 6.45) is 1.75. The average molecular weight is 249 g/mol. The Balaban J connectivity index is 2.07. The molecule has 0 spiro atoms. The first-order valence-corrected chi connectivity index (χ1v) is 6.28. The van der Waals surface area contributed by atoms with E-state index in [1.165, 1.54) is 11.1 Å². The molecule has 0 aliphatic rings. The van der Waals surface area contributed by atoms with Crippen LogP contribution in [-0.2, 0) is 0 Å². The van der Waals surface area contributed by atoms with E-state index in [0.717, 1.165) is 17.1 Å². The maximum atomic E-state index is 4.23. The second-order valence-electron chi connectivity index (χ2n) is 4.73. The molecule has 2 aromatic carbocycles. The van der Waals surface area contributed by atoms with Gasteiger partial charge in [0.2, 0.25) is 0 Å². The molecule has 3 rings (SSSR count). The minimum Gasteiger partial charge on any atom is -0.282 e. The van der Waals surface area contributed by atoms with Crippen LogP contribution in [0.15, 0.2) is 54.9 Å². The highest BCUT2D eigenvalue weighted by Crippen LogP contribution is 2.21. The molecule has 0 atom stereocenters. The number of aromatic nitrogens is 3. The zero-order valence-corrected chi connectivity index (χ0v) is 11.0. The van der Waals surface area contributed by atoms with Crippen molar-refractivity contribution in [3.63, 3.8) is 0 Å². The molecule has 0 N–H and O–H groups in total. The molecule has 0 amide bonds. The van der Waals surface area contributed by atoms with Gasteiger partial charge in [0.1, 0.15) is 6.33 Å². The van der Waals surface area contributed by atoms with Crippen molar-refractivity contribution in [2.75, 3.05) is 0 Å². The van der Waals surface area contributed by atoms with E-state index in [2.05, 4.69) is 72.6 Å². The summed E-state index contributed by atoms with van der Waals surface area (Å²) in [7, 11) is 0. The molecule has 0 bridgehead atoms. The number of rotatable bonds is 2. The first-order chi connectivity index (χ1) is 9.24. The molecule has 94 valence electrons. The van der Waals surface area contributed by atoms with Crippen LogP contribution in [0.3, 0.4) is 0 Å². The highest BCUT2D eigenvalue weighted by Gasteiger charge is 2.08. The molecule has 19 heavy (non-hydrogen) atoms. The summed E-state index contributed by atoms with van der Waals surface area (Å²) in [5.74, 6) is 0.865. The molecule has 3 heteroatoms. The van der Waals surface area contributed by atoms with Crippen LogP contribution in [-0.4, -0.2) is 14.8 Å². The van der Waals surface area contributed by atoms with E-state index in [1.807, 2.05) is 4.57 Å². The normalized spacial score (nSPS) is 10.6. The molecule has 0 aliphatic carbocycles. The molecule has 0 fully saturated rings. The van der Waals surface area contributed by atoms with Crippen molar-refractivity contribution >= 4 is 0 Å². The lowest BCUT2D eigenvalue weighted by molar-refractivity contribution is 1.06. The number of hydrogen-bond donors (Lipinski definition) is 0. The second-order valence-corrected chi connectivity index (χ2v) is 4.73. The molecule has 0 saturated carbocycles. The van der Waals surface area contributed by atoms with Crippen LogP contribution in [0.4, 0.5) is 0 Å². The fraction of sp³-hybridized carbons (Fsp3) is 0.125. The van der Waals surface area contributed by atoms with Gasteiger partial charge in [-0.25, -0.2) is 0 Å². The fourth-order valence-electron chi connectivity index (χ4n) is 2.03. The maximum absolute atomic E-state index is 4.23. The summed E-state index contributed by atoms with van der Waals surface area (Å²) in [4.78, 5) is 0. The minimum absolute atomic E-state index is 0.865. The maximum Gasteiger partial charge on any atom is 0.168 e. The quantitative estimate of drug-likeness (QED) is 0.695. The van der Waals surface area contributed by atoms with Gasteiger partial charge in [-0.3, -0.25) is 4.57 Å². The van der Waals surface area contributed by atoms with Crippen LogP contribution in [0.25, 0.3) is 17.1 Å². The summed E-state index contributed by atoms with van der Waals surface area (Å²) in [5, 5.41) is 8.26. The van der Waals surface area contributed by atoms with Crippen molar-refractivity contribution in [1.29, 1.82) is 0 Å². The molecule has 0 unspecified atom stereocenters. The van der Waals surface area contributed by atoms with Gasteiger partial charge in [-0.05, 0) is 26.0 Å². The van der Waals surface area contributed by atoms with Crippen molar-refractivity contribution < 1.29 is 0 Å². The Hall–Kier alpha value is -2.42. The third kappa shape index (κ3) is 2.27. The van der Waals surface area contributed by atoms with Crippen LogP contribution >= 0.6 is 0 Å². The second kappa shape index (κ2) is 4.69. The summed E-state index contributed by atoms with van der Waals surface area (Å²) < 4.78 is 2.00. The molecule has 3 aromatic rings. The van der Waals surface area contributed by atoms with Crippen LogP contribution in [0.1, 0.15) is 11.1 Å². The Morgan fingerprint density at radius 2 is 1.37 bits per heavy atom. The Morgan fingerprint density at radius 1 is 0.789 bits per heavy atom. The van der Waals surface area contributed by atoms with Gasteiger partial charge >= 0.3 is 0 Å². The molecule has 0 aliphatic heterocycles. The number of aryl methyl sites for hydroxylation is 2. The first kappa shape index (κ1) is 11.7. The summed E-state index contributed by atoms with van der Waals surface area (Å²) in [6, 6.07) is 16.7. The molecule has 0 radical (unpaired) electrons. The van der Waals surface area contributed by atoms with Gasteiger partial charge in [-0.15, -0.1) is 10.2 Å². The topological polar surface area (TPSA) is 30.7 Å². The standard InChI is InChI=1S/C16H15N3/c1-12-3-7-14(8-4-12)16-18-17-11-19(16)15-9-5-13(2)6-10-15/h3-11H,1-2H3. The SMILES string of the molecule is Cc1ccc(-c2nncn2-c2ccc(C)cc2)cc1. The van der Waals surface area contributed by atoms with Crippen molar-refractivity contribution in [2.24, 2.45) is 0 Å². The van der Waals surface area contributed by atoms with Crippen LogP contribution < -0.4 is 0 Å². The van der Waals surface area contributed by atoms with Gasteiger partial charge in [-0.2, -0.15) is 0 Å². The largest absolute Gasteiger partial charge is 0.282 e. The zero-order valence-electron chi connectivity index (χ0n) is 11.0. The van der Waals surface area contributed by atoms with Crippen LogP contribution in [0.2, 0.25) is 0 Å². The third-order valence-electron chi connectivity index (χ3n) is 3.17. The monoisotopic (exact) mass is 249 g/mol. The third-order valence-corrected chi connectivity index (χ3v) is 3.17.